The third-order valence-electron chi connectivity index (χ3n) is 3.60. The molecule has 0 radical (unpaired) electrons. The van der Waals surface area contributed by atoms with Crippen LogP contribution in [0.2, 0.25) is 5.02 Å². The lowest BCUT2D eigenvalue weighted by molar-refractivity contribution is -0.113. The Labute approximate surface area is 148 Å². The molecule has 1 aromatic carbocycles. The maximum absolute atomic E-state index is 12.2. The van der Waals surface area contributed by atoms with E-state index in [2.05, 4.69) is 20.4 Å². The van der Waals surface area contributed by atoms with Gasteiger partial charge in [0.25, 0.3) is 0 Å². The summed E-state index contributed by atoms with van der Waals surface area (Å²) in [5.41, 5.74) is 3.48. The van der Waals surface area contributed by atoms with Crippen molar-refractivity contribution >= 4 is 52.0 Å². The lowest BCUT2D eigenvalue weighted by atomic mass is 10.1. The lowest BCUT2D eigenvalue weighted by Crippen LogP contribution is -2.30. The van der Waals surface area contributed by atoms with Gasteiger partial charge in [-0.25, -0.2) is 0 Å². The third-order valence-corrected chi connectivity index (χ3v) is 5.69. The molecule has 1 saturated heterocycles. The average Bonchev–Trinajstić information content (AvgIpc) is 3.07. The van der Waals surface area contributed by atoms with Gasteiger partial charge in [-0.15, -0.1) is 10.2 Å². The number of benzene rings is 1. The van der Waals surface area contributed by atoms with E-state index in [9.17, 15) is 4.79 Å². The summed E-state index contributed by atoms with van der Waals surface area (Å²) in [5, 5.41) is 11.3. The molecule has 0 bridgehead atoms. The minimum absolute atomic E-state index is 0.0641. The first-order valence-corrected chi connectivity index (χ1v) is 9.70. The maximum atomic E-state index is 12.2. The summed E-state index contributed by atoms with van der Waals surface area (Å²) in [6.45, 7) is 2.04. The fourth-order valence-electron chi connectivity index (χ4n) is 2.56. The van der Waals surface area contributed by atoms with Crippen LogP contribution in [0.4, 0.5) is 11.4 Å². The number of hydrogen-bond donors (Lipinski definition) is 1. The number of aromatic nitrogens is 2. The van der Waals surface area contributed by atoms with Gasteiger partial charge in [0.15, 0.2) is 4.34 Å². The van der Waals surface area contributed by atoms with Crippen molar-refractivity contribution in [3.8, 4) is 0 Å². The van der Waals surface area contributed by atoms with Gasteiger partial charge in [0, 0.05) is 18.1 Å². The van der Waals surface area contributed by atoms with Crippen LogP contribution in [-0.2, 0) is 4.79 Å². The van der Waals surface area contributed by atoms with E-state index in [1.165, 1.54) is 42.4 Å². The van der Waals surface area contributed by atoms with E-state index >= 15 is 0 Å². The van der Waals surface area contributed by atoms with Crippen molar-refractivity contribution in [2.24, 2.45) is 0 Å². The topological polar surface area (TPSA) is 58.1 Å². The molecule has 23 heavy (non-hydrogen) atoms. The minimum atomic E-state index is -0.0641. The summed E-state index contributed by atoms with van der Waals surface area (Å²) in [7, 11) is 0. The molecule has 3 rings (SSSR count). The standard InChI is InChI=1S/C15H17ClN4OS2/c16-11-4-5-13(20-6-2-1-3-7-20)12(8-11)18-14(21)9-22-15-19-17-10-23-15/h4-5,8,10H,1-3,6-7,9H2,(H,18,21). The number of amides is 1. The number of anilines is 2. The van der Waals surface area contributed by atoms with E-state index in [1.54, 1.807) is 5.51 Å². The molecule has 2 aromatic rings. The van der Waals surface area contributed by atoms with Crippen LogP contribution in [0.3, 0.4) is 0 Å². The fraction of sp³-hybridized carbons (Fsp3) is 0.400. The third kappa shape index (κ3) is 4.59. The number of rotatable bonds is 5. The van der Waals surface area contributed by atoms with E-state index in [-0.39, 0.29) is 5.91 Å². The highest BCUT2D eigenvalue weighted by Gasteiger charge is 2.16. The first-order valence-electron chi connectivity index (χ1n) is 7.46. The quantitative estimate of drug-likeness (QED) is 0.811. The Hall–Kier alpha value is -1.31. The van der Waals surface area contributed by atoms with Gasteiger partial charge in [0.2, 0.25) is 5.91 Å². The van der Waals surface area contributed by atoms with Gasteiger partial charge < -0.3 is 10.2 Å². The Morgan fingerprint density at radius 1 is 1.35 bits per heavy atom. The van der Waals surface area contributed by atoms with Crippen molar-refractivity contribution in [3.63, 3.8) is 0 Å². The molecule has 5 nitrogen and oxygen atoms in total. The van der Waals surface area contributed by atoms with Crippen LogP contribution < -0.4 is 10.2 Å². The van der Waals surface area contributed by atoms with E-state index in [0.29, 0.717) is 10.8 Å². The Morgan fingerprint density at radius 3 is 2.91 bits per heavy atom. The molecule has 0 aliphatic carbocycles. The Morgan fingerprint density at radius 2 is 2.17 bits per heavy atom. The van der Waals surface area contributed by atoms with Crippen LogP contribution >= 0.6 is 34.7 Å². The highest BCUT2D eigenvalue weighted by atomic mass is 35.5. The molecular weight excluding hydrogens is 352 g/mol. The molecule has 122 valence electrons. The van der Waals surface area contributed by atoms with E-state index < -0.39 is 0 Å². The number of nitrogens with zero attached hydrogens (tertiary/aromatic N) is 3. The van der Waals surface area contributed by atoms with E-state index in [0.717, 1.165) is 28.8 Å². The SMILES string of the molecule is O=C(CSc1nncs1)Nc1cc(Cl)ccc1N1CCCCC1. The lowest BCUT2D eigenvalue weighted by Gasteiger charge is -2.30. The number of hydrogen-bond acceptors (Lipinski definition) is 6. The van der Waals surface area contributed by atoms with Gasteiger partial charge in [-0.1, -0.05) is 34.7 Å². The van der Waals surface area contributed by atoms with Gasteiger partial charge in [-0.05, 0) is 37.5 Å². The monoisotopic (exact) mass is 368 g/mol. The largest absolute Gasteiger partial charge is 0.370 e. The molecule has 0 saturated carbocycles. The summed E-state index contributed by atoms with van der Waals surface area (Å²) < 4.78 is 0.794. The highest BCUT2D eigenvalue weighted by Crippen LogP contribution is 2.31. The molecule has 0 atom stereocenters. The average molecular weight is 369 g/mol. The van der Waals surface area contributed by atoms with Crippen LogP contribution in [0, 0.1) is 0 Å². The second kappa shape index (κ2) is 7.99. The normalized spacial score (nSPS) is 14.7. The zero-order chi connectivity index (χ0) is 16.1. The van der Waals surface area contributed by atoms with E-state index in [4.69, 9.17) is 11.6 Å². The van der Waals surface area contributed by atoms with Crippen molar-refractivity contribution in [2.45, 2.75) is 23.6 Å². The van der Waals surface area contributed by atoms with Gasteiger partial charge >= 0.3 is 0 Å². The molecular formula is C15H17ClN4OS2. The van der Waals surface area contributed by atoms with Crippen LogP contribution in [0.5, 0.6) is 0 Å². The van der Waals surface area contributed by atoms with Gasteiger partial charge in [-0.3, -0.25) is 4.79 Å². The van der Waals surface area contributed by atoms with Crippen molar-refractivity contribution in [2.75, 3.05) is 29.1 Å². The summed E-state index contributed by atoms with van der Waals surface area (Å²) in [6, 6.07) is 5.68. The molecule has 2 heterocycles. The summed E-state index contributed by atoms with van der Waals surface area (Å²) in [5.74, 6) is 0.243. The van der Waals surface area contributed by atoms with Crippen molar-refractivity contribution in [1.29, 1.82) is 0 Å². The molecule has 1 N–H and O–H groups in total. The maximum Gasteiger partial charge on any atom is 0.234 e. The van der Waals surface area contributed by atoms with Gasteiger partial charge in [0.05, 0.1) is 17.1 Å². The first kappa shape index (κ1) is 16.5. The van der Waals surface area contributed by atoms with Gasteiger partial charge in [-0.2, -0.15) is 0 Å². The molecule has 0 spiro atoms. The fourth-order valence-corrected chi connectivity index (χ4v) is 4.02. The number of halogens is 1. The summed E-state index contributed by atoms with van der Waals surface area (Å²) in [6.07, 6.45) is 3.64. The summed E-state index contributed by atoms with van der Waals surface area (Å²) in [4.78, 5) is 14.5. The number of piperidine rings is 1. The number of carbonyl (C=O) groups excluding carboxylic acids is 1. The predicted molar refractivity (Wildman–Crippen MR) is 96.8 cm³/mol. The molecule has 1 aliphatic heterocycles. The highest BCUT2D eigenvalue weighted by molar-refractivity contribution is 8.01. The second-order valence-corrected chi connectivity index (χ2v) is 7.74. The Bertz CT molecular complexity index is 660. The zero-order valence-corrected chi connectivity index (χ0v) is 14.9. The number of nitrogens with one attached hydrogen (secondary N) is 1. The van der Waals surface area contributed by atoms with Gasteiger partial charge in [0.1, 0.15) is 5.51 Å². The Balaban J connectivity index is 1.67. The molecule has 1 amide bonds. The summed E-state index contributed by atoms with van der Waals surface area (Å²) >= 11 is 8.92. The zero-order valence-electron chi connectivity index (χ0n) is 12.5. The number of thioether (sulfide) groups is 1. The van der Waals surface area contributed by atoms with Crippen molar-refractivity contribution < 1.29 is 4.79 Å². The first-order chi connectivity index (χ1) is 11.2. The van der Waals surface area contributed by atoms with Crippen molar-refractivity contribution in [1.82, 2.24) is 10.2 Å². The van der Waals surface area contributed by atoms with Crippen LogP contribution in [0.15, 0.2) is 28.0 Å². The van der Waals surface area contributed by atoms with Crippen LogP contribution in [0.25, 0.3) is 0 Å². The molecule has 1 aliphatic rings. The Kier molecular flexibility index (Phi) is 5.75. The molecule has 0 unspecified atom stereocenters. The number of carbonyl (C=O) groups is 1. The second-order valence-electron chi connectivity index (χ2n) is 5.25. The van der Waals surface area contributed by atoms with Crippen LogP contribution in [0.1, 0.15) is 19.3 Å². The van der Waals surface area contributed by atoms with Crippen LogP contribution in [-0.4, -0.2) is 34.9 Å². The smallest absolute Gasteiger partial charge is 0.234 e. The van der Waals surface area contributed by atoms with E-state index in [1.807, 2.05) is 18.2 Å². The van der Waals surface area contributed by atoms with Crippen molar-refractivity contribution in [3.05, 3.63) is 28.7 Å². The molecule has 8 heteroatoms. The molecule has 1 fully saturated rings. The predicted octanol–water partition coefficient (Wildman–Crippen LogP) is 3.91. The molecule has 1 aromatic heterocycles. The minimum Gasteiger partial charge on any atom is -0.370 e.